The maximum atomic E-state index is 13.2. The monoisotopic (exact) mass is 324 g/mol. The van der Waals surface area contributed by atoms with Crippen molar-refractivity contribution in [3.63, 3.8) is 0 Å². The molecule has 0 amide bonds. The quantitative estimate of drug-likeness (QED) is 0.771. The highest BCUT2D eigenvalue weighted by Crippen LogP contribution is 2.60. The van der Waals surface area contributed by atoms with Gasteiger partial charge in [0.05, 0.1) is 11.4 Å². The highest BCUT2D eigenvalue weighted by atomic mass is 16.3. The lowest BCUT2D eigenvalue weighted by Gasteiger charge is -2.61. The van der Waals surface area contributed by atoms with Crippen LogP contribution in [0.25, 0.3) is 0 Å². The van der Waals surface area contributed by atoms with Gasteiger partial charge in [-0.2, -0.15) is 0 Å². The van der Waals surface area contributed by atoms with Crippen molar-refractivity contribution in [3.8, 4) is 0 Å². The van der Waals surface area contributed by atoms with Crippen LogP contribution in [0.1, 0.15) is 45.6 Å². The van der Waals surface area contributed by atoms with E-state index >= 15 is 0 Å². The number of hydrogen-bond donors (Lipinski definition) is 2. The van der Waals surface area contributed by atoms with Crippen molar-refractivity contribution in [1.29, 1.82) is 0 Å². The molecule has 2 aliphatic heterocycles. The topological polar surface area (TPSA) is 61.7 Å². The smallest absolute Gasteiger partial charge is 0.143 e. The van der Waals surface area contributed by atoms with Crippen LogP contribution in [-0.2, 0) is 10.4 Å². The van der Waals surface area contributed by atoms with Gasteiger partial charge < -0.3 is 10.4 Å². The summed E-state index contributed by atoms with van der Waals surface area (Å²) in [4.78, 5) is 18.1. The van der Waals surface area contributed by atoms with E-state index < -0.39 is 5.60 Å². The number of benzene rings is 1. The number of fused-ring (bicyclic) bond motifs is 5. The van der Waals surface area contributed by atoms with Gasteiger partial charge in [0.1, 0.15) is 11.4 Å². The van der Waals surface area contributed by atoms with Crippen LogP contribution in [0.2, 0.25) is 0 Å². The molecule has 2 aliphatic carbocycles. The molecule has 0 aromatic heterocycles. The zero-order valence-corrected chi connectivity index (χ0v) is 14.5. The zero-order chi connectivity index (χ0) is 16.9. The zero-order valence-electron chi connectivity index (χ0n) is 14.5. The molecule has 24 heavy (non-hydrogen) atoms. The van der Waals surface area contributed by atoms with Crippen molar-refractivity contribution in [1.82, 2.24) is 5.32 Å². The standard InChI is InChI=1S/C20H24N2O2/c1-18(2)12-8-9-19(3)15(16(12)23)14(22-18)10-20(24)11-6-4-5-7-13(11)21-17(19)20/h4-7,12,14-15,22,24H,8-10H2,1-3H3. The van der Waals surface area contributed by atoms with Gasteiger partial charge in [-0.1, -0.05) is 25.1 Å². The summed E-state index contributed by atoms with van der Waals surface area (Å²) in [6.07, 6.45) is 2.32. The minimum absolute atomic E-state index is 0.00385. The molecular weight excluding hydrogens is 300 g/mol. The first-order valence-corrected chi connectivity index (χ1v) is 9.00. The van der Waals surface area contributed by atoms with Gasteiger partial charge in [-0.05, 0) is 32.8 Å². The van der Waals surface area contributed by atoms with E-state index in [1.807, 2.05) is 24.3 Å². The molecular formula is C20H24N2O2. The van der Waals surface area contributed by atoms with Gasteiger partial charge in [0.15, 0.2) is 0 Å². The number of aliphatic hydroxyl groups is 1. The summed E-state index contributed by atoms with van der Waals surface area (Å²) in [6, 6.07) is 7.88. The molecule has 2 saturated carbocycles. The number of hydrogen-bond acceptors (Lipinski definition) is 4. The Hall–Kier alpha value is -1.52. The fourth-order valence-corrected chi connectivity index (χ4v) is 6.11. The Balaban J connectivity index is 1.72. The predicted octanol–water partition coefficient (Wildman–Crippen LogP) is 2.72. The van der Waals surface area contributed by atoms with E-state index in [0.717, 1.165) is 29.8 Å². The molecule has 2 bridgehead atoms. The van der Waals surface area contributed by atoms with E-state index in [0.29, 0.717) is 12.2 Å². The molecule has 1 saturated heterocycles. The average molecular weight is 324 g/mol. The number of ketones is 1. The molecule has 2 N–H and O–H groups in total. The molecule has 126 valence electrons. The molecule has 0 spiro atoms. The Bertz CT molecular complexity index is 799. The molecule has 1 aromatic carbocycles. The summed E-state index contributed by atoms with van der Waals surface area (Å²) >= 11 is 0. The molecule has 2 heterocycles. The first kappa shape index (κ1) is 14.8. The Labute approximate surface area is 142 Å². The third-order valence-electron chi connectivity index (χ3n) is 7.15. The van der Waals surface area contributed by atoms with Gasteiger partial charge in [0, 0.05) is 40.8 Å². The van der Waals surface area contributed by atoms with Crippen LogP contribution < -0.4 is 5.32 Å². The van der Waals surface area contributed by atoms with E-state index in [9.17, 15) is 9.90 Å². The minimum Gasteiger partial charge on any atom is -0.379 e. The third kappa shape index (κ3) is 1.52. The van der Waals surface area contributed by atoms with Crippen molar-refractivity contribution < 1.29 is 9.90 Å². The molecule has 3 fully saturated rings. The number of Topliss-reactive ketones (excluding diaryl/α,β-unsaturated/α-hetero) is 1. The second-order valence-corrected chi connectivity index (χ2v) is 8.90. The van der Waals surface area contributed by atoms with Crippen molar-refractivity contribution in [2.75, 3.05) is 0 Å². The minimum atomic E-state index is -1.04. The third-order valence-corrected chi connectivity index (χ3v) is 7.15. The lowest BCUT2D eigenvalue weighted by Crippen LogP contribution is -2.73. The first-order chi connectivity index (χ1) is 11.3. The van der Waals surface area contributed by atoms with Crippen LogP contribution in [-0.4, -0.2) is 28.2 Å². The summed E-state index contributed by atoms with van der Waals surface area (Å²) in [6.45, 7) is 6.41. The van der Waals surface area contributed by atoms with Crippen LogP contribution >= 0.6 is 0 Å². The number of para-hydroxylation sites is 1. The summed E-state index contributed by atoms with van der Waals surface area (Å²) in [7, 11) is 0. The summed E-state index contributed by atoms with van der Waals surface area (Å²) < 4.78 is 0. The van der Waals surface area contributed by atoms with Crippen LogP contribution in [0.4, 0.5) is 5.69 Å². The van der Waals surface area contributed by atoms with Crippen molar-refractivity contribution in [2.24, 2.45) is 22.2 Å². The molecule has 0 radical (unpaired) electrons. The number of aliphatic imine (C=N–C) groups is 1. The van der Waals surface area contributed by atoms with Crippen LogP contribution in [0.15, 0.2) is 29.3 Å². The highest BCUT2D eigenvalue weighted by Gasteiger charge is 2.67. The van der Waals surface area contributed by atoms with Crippen molar-refractivity contribution >= 4 is 17.2 Å². The van der Waals surface area contributed by atoms with Gasteiger partial charge >= 0.3 is 0 Å². The fraction of sp³-hybridized carbons (Fsp3) is 0.600. The number of carbonyl (C=O) groups is 1. The Kier molecular flexibility index (Phi) is 2.57. The van der Waals surface area contributed by atoms with Crippen LogP contribution in [0, 0.1) is 17.3 Å². The normalized spacial score (nSPS) is 44.6. The second kappa shape index (κ2) is 4.17. The molecule has 4 aliphatic rings. The summed E-state index contributed by atoms with van der Waals surface area (Å²) in [5.41, 5.74) is 0.991. The van der Waals surface area contributed by atoms with Gasteiger partial charge in [0.2, 0.25) is 0 Å². The van der Waals surface area contributed by atoms with Gasteiger partial charge in [-0.25, -0.2) is 0 Å². The SMILES string of the molecule is CC1(C)NC2CC3(O)C(=Nc4ccccc43)C3(C)CCC1C(=O)C23. The summed E-state index contributed by atoms with van der Waals surface area (Å²) in [5, 5.41) is 15.4. The van der Waals surface area contributed by atoms with Gasteiger partial charge in [-0.3, -0.25) is 9.79 Å². The van der Waals surface area contributed by atoms with E-state index in [1.165, 1.54) is 0 Å². The Morgan fingerprint density at radius 3 is 2.79 bits per heavy atom. The number of rotatable bonds is 0. The van der Waals surface area contributed by atoms with Gasteiger partial charge in [0.25, 0.3) is 0 Å². The number of carbonyl (C=O) groups excluding carboxylic acids is 1. The molecule has 5 unspecified atom stereocenters. The maximum Gasteiger partial charge on any atom is 0.143 e. The predicted molar refractivity (Wildman–Crippen MR) is 92.4 cm³/mol. The second-order valence-electron chi connectivity index (χ2n) is 8.90. The molecule has 4 heteroatoms. The molecule has 1 aromatic rings. The van der Waals surface area contributed by atoms with E-state index in [-0.39, 0.29) is 28.8 Å². The van der Waals surface area contributed by atoms with E-state index in [4.69, 9.17) is 4.99 Å². The average Bonchev–Trinajstić information content (AvgIpc) is 2.80. The highest BCUT2D eigenvalue weighted by molar-refractivity contribution is 6.08. The Morgan fingerprint density at radius 2 is 2.00 bits per heavy atom. The van der Waals surface area contributed by atoms with Crippen LogP contribution in [0.3, 0.4) is 0 Å². The Morgan fingerprint density at radius 1 is 1.25 bits per heavy atom. The first-order valence-electron chi connectivity index (χ1n) is 9.00. The lowest BCUT2D eigenvalue weighted by molar-refractivity contribution is -0.148. The van der Waals surface area contributed by atoms with Crippen molar-refractivity contribution in [2.45, 2.75) is 57.2 Å². The molecule has 5 atom stereocenters. The largest absolute Gasteiger partial charge is 0.379 e. The van der Waals surface area contributed by atoms with E-state index in [1.54, 1.807) is 0 Å². The summed E-state index contributed by atoms with van der Waals surface area (Å²) in [5.74, 6) is 0.373. The maximum absolute atomic E-state index is 13.2. The van der Waals surface area contributed by atoms with Crippen molar-refractivity contribution in [3.05, 3.63) is 29.8 Å². The number of nitrogens with one attached hydrogen (secondary N) is 1. The molecule has 4 nitrogen and oxygen atoms in total. The number of piperidine rings is 1. The molecule has 5 rings (SSSR count). The lowest BCUT2D eigenvalue weighted by atomic mass is 9.48. The number of nitrogens with zero attached hydrogens (tertiary/aromatic N) is 1. The van der Waals surface area contributed by atoms with Gasteiger partial charge in [-0.15, -0.1) is 0 Å². The van der Waals surface area contributed by atoms with Crippen LogP contribution in [0.5, 0.6) is 0 Å². The fourth-order valence-electron chi connectivity index (χ4n) is 6.11. The van der Waals surface area contributed by atoms with E-state index in [2.05, 4.69) is 26.1 Å².